The lowest BCUT2D eigenvalue weighted by Crippen LogP contribution is -2.34. The summed E-state index contributed by atoms with van der Waals surface area (Å²) in [4.78, 5) is 18.4. The zero-order valence-electron chi connectivity index (χ0n) is 12.6. The molecular weight excluding hydrogens is 236 g/mol. The number of hydrogen-bond donors (Lipinski definition) is 0. The molecule has 19 heavy (non-hydrogen) atoms. The minimum Gasteiger partial charge on any atom is -0.339 e. The number of hydrogen-bond acceptors (Lipinski definition) is 2. The van der Waals surface area contributed by atoms with Crippen molar-refractivity contribution in [2.75, 3.05) is 13.1 Å². The number of carbonyl (C=O) groups excluding carboxylic acids is 1. The molecule has 1 amide bonds. The molecule has 0 aliphatic rings. The molecule has 0 fully saturated rings. The Morgan fingerprint density at radius 2 is 1.53 bits per heavy atom. The zero-order chi connectivity index (χ0) is 14.3. The lowest BCUT2D eigenvalue weighted by molar-refractivity contribution is 0.0740. The molecule has 0 aliphatic heterocycles. The van der Waals surface area contributed by atoms with E-state index in [0.717, 1.165) is 31.5 Å². The summed E-state index contributed by atoms with van der Waals surface area (Å²) in [6.45, 7) is 10.4. The van der Waals surface area contributed by atoms with E-state index in [1.807, 2.05) is 4.90 Å². The standard InChI is InChI=1S/C16H26N2O/c1-13(2)7-11-18(12-8-14(3)4)16(19)15-5-9-17-10-6-15/h5-6,9-10,13-14H,7-8,11-12H2,1-4H3. The fourth-order valence-corrected chi connectivity index (χ4v) is 1.82. The topological polar surface area (TPSA) is 33.2 Å². The van der Waals surface area contributed by atoms with Crippen molar-refractivity contribution in [2.45, 2.75) is 40.5 Å². The van der Waals surface area contributed by atoms with Crippen molar-refractivity contribution < 1.29 is 4.79 Å². The van der Waals surface area contributed by atoms with Crippen LogP contribution in [0.4, 0.5) is 0 Å². The smallest absolute Gasteiger partial charge is 0.253 e. The van der Waals surface area contributed by atoms with Crippen LogP contribution in [0.2, 0.25) is 0 Å². The van der Waals surface area contributed by atoms with Crippen molar-refractivity contribution >= 4 is 5.91 Å². The lowest BCUT2D eigenvalue weighted by Gasteiger charge is -2.24. The van der Waals surface area contributed by atoms with E-state index < -0.39 is 0 Å². The second-order valence-electron chi connectivity index (χ2n) is 5.89. The summed E-state index contributed by atoms with van der Waals surface area (Å²) < 4.78 is 0. The summed E-state index contributed by atoms with van der Waals surface area (Å²) in [7, 11) is 0. The predicted octanol–water partition coefficient (Wildman–Crippen LogP) is 3.62. The van der Waals surface area contributed by atoms with Gasteiger partial charge in [-0.2, -0.15) is 0 Å². The first kappa shape index (κ1) is 15.7. The molecule has 3 heteroatoms. The minimum atomic E-state index is 0.128. The predicted molar refractivity (Wildman–Crippen MR) is 79.1 cm³/mol. The van der Waals surface area contributed by atoms with Crippen LogP contribution in [0, 0.1) is 11.8 Å². The molecular formula is C16H26N2O. The maximum absolute atomic E-state index is 12.5. The molecule has 0 radical (unpaired) electrons. The van der Waals surface area contributed by atoms with E-state index >= 15 is 0 Å². The average molecular weight is 262 g/mol. The molecule has 0 saturated carbocycles. The van der Waals surface area contributed by atoms with E-state index in [4.69, 9.17) is 0 Å². The summed E-state index contributed by atoms with van der Waals surface area (Å²) in [6, 6.07) is 3.58. The van der Waals surface area contributed by atoms with Crippen molar-refractivity contribution in [3.63, 3.8) is 0 Å². The third kappa shape index (κ3) is 5.86. The van der Waals surface area contributed by atoms with Crippen LogP contribution in [0.5, 0.6) is 0 Å². The van der Waals surface area contributed by atoms with Crippen molar-refractivity contribution in [1.29, 1.82) is 0 Å². The van der Waals surface area contributed by atoms with Gasteiger partial charge in [0.15, 0.2) is 0 Å². The van der Waals surface area contributed by atoms with Crippen molar-refractivity contribution in [3.8, 4) is 0 Å². The second-order valence-corrected chi connectivity index (χ2v) is 5.89. The van der Waals surface area contributed by atoms with Gasteiger partial charge in [-0.25, -0.2) is 0 Å². The van der Waals surface area contributed by atoms with Crippen molar-refractivity contribution in [3.05, 3.63) is 30.1 Å². The number of amides is 1. The number of rotatable bonds is 7. The first-order valence-corrected chi connectivity index (χ1v) is 7.20. The molecule has 1 rings (SSSR count). The lowest BCUT2D eigenvalue weighted by atomic mass is 10.1. The summed E-state index contributed by atoms with van der Waals surface area (Å²) in [5.74, 6) is 1.36. The normalized spacial score (nSPS) is 11.1. The number of carbonyl (C=O) groups is 1. The van der Waals surface area contributed by atoms with Crippen molar-refractivity contribution in [1.82, 2.24) is 9.88 Å². The van der Waals surface area contributed by atoms with Gasteiger partial charge in [0.2, 0.25) is 0 Å². The molecule has 0 bridgehead atoms. The zero-order valence-corrected chi connectivity index (χ0v) is 12.6. The SMILES string of the molecule is CC(C)CCN(CCC(C)C)C(=O)c1ccncc1. The Morgan fingerprint density at radius 3 is 1.95 bits per heavy atom. The largest absolute Gasteiger partial charge is 0.339 e. The van der Waals surface area contributed by atoms with E-state index in [1.165, 1.54) is 0 Å². The highest BCUT2D eigenvalue weighted by molar-refractivity contribution is 5.94. The number of pyridine rings is 1. The van der Waals surface area contributed by atoms with E-state index in [1.54, 1.807) is 24.5 Å². The molecule has 3 nitrogen and oxygen atoms in total. The molecule has 0 spiro atoms. The molecule has 1 heterocycles. The molecule has 0 aliphatic carbocycles. The molecule has 0 unspecified atom stereocenters. The van der Waals surface area contributed by atoms with Crippen LogP contribution in [-0.2, 0) is 0 Å². The first-order valence-electron chi connectivity index (χ1n) is 7.20. The summed E-state index contributed by atoms with van der Waals surface area (Å²) >= 11 is 0. The van der Waals surface area contributed by atoms with Gasteiger partial charge >= 0.3 is 0 Å². The molecule has 0 saturated heterocycles. The van der Waals surface area contributed by atoms with Crippen LogP contribution in [-0.4, -0.2) is 28.9 Å². The molecule has 1 aromatic heterocycles. The maximum Gasteiger partial charge on any atom is 0.253 e. The minimum absolute atomic E-state index is 0.128. The van der Waals surface area contributed by atoms with Crippen molar-refractivity contribution in [2.24, 2.45) is 11.8 Å². The monoisotopic (exact) mass is 262 g/mol. The molecule has 0 N–H and O–H groups in total. The molecule has 1 aromatic rings. The van der Waals surface area contributed by atoms with E-state index in [9.17, 15) is 4.79 Å². The van der Waals surface area contributed by atoms with Gasteiger partial charge in [-0.3, -0.25) is 9.78 Å². The van der Waals surface area contributed by atoms with Gasteiger partial charge in [-0.05, 0) is 36.8 Å². The molecule has 0 aromatic carbocycles. The Morgan fingerprint density at radius 1 is 1.05 bits per heavy atom. The highest BCUT2D eigenvalue weighted by Crippen LogP contribution is 2.10. The highest BCUT2D eigenvalue weighted by atomic mass is 16.2. The summed E-state index contributed by atoms with van der Waals surface area (Å²) in [6.07, 6.45) is 5.45. The van der Waals surface area contributed by atoms with Gasteiger partial charge in [0.1, 0.15) is 0 Å². The van der Waals surface area contributed by atoms with Gasteiger partial charge in [0.25, 0.3) is 5.91 Å². The van der Waals surface area contributed by atoms with Crippen LogP contribution >= 0.6 is 0 Å². The van der Waals surface area contributed by atoms with Crippen LogP contribution in [0.1, 0.15) is 50.9 Å². The van der Waals surface area contributed by atoms with Gasteiger partial charge in [-0.1, -0.05) is 27.7 Å². The number of nitrogens with zero attached hydrogens (tertiary/aromatic N) is 2. The fraction of sp³-hybridized carbons (Fsp3) is 0.625. The van der Waals surface area contributed by atoms with Gasteiger partial charge < -0.3 is 4.90 Å². The van der Waals surface area contributed by atoms with E-state index in [-0.39, 0.29) is 5.91 Å². The Balaban J connectivity index is 2.68. The van der Waals surface area contributed by atoms with Gasteiger partial charge in [0.05, 0.1) is 0 Å². The average Bonchev–Trinajstić information content (AvgIpc) is 2.38. The second kappa shape index (κ2) is 7.93. The quantitative estimate of drug-likeness (QED) is 0.752. The molecule has 0 atom stereocenters. The van der Waals surface area contributed by atoms with Crippen LogP contribution < -0.4 is 0 Å². The Bertz CT molecular complexity index is 362. The Hall–Kier alpha value is -1.38. The third-order valence-electron chi connectivity index (χ3n) is 3.17. The molecule has 106 valence electrons. The Labute approximate surface area is 117 Å². The van der Waals surface area contributed by atoms with E-state index in [0.29, 0.717) is 11.8 Å². The van der Waals surface area contributed by atoms with Crippen LogP contribution in [0.15, 0.2) is 24.5 Å². The highest BCUT2D eigenvalue weighted by Gasteiger charge is 2.16. The summed E-state index contributed by atoms with van der Waals surface area (Å²) in [5.41, 5.74) is 0.738. The summed E-state index contributed by atoms with van der Waals surface area (Å²) in [5, 5.41) is 0. The first-order chi connectivity index (χ1) is 9.00. The number of aromatic nitrogens is 1. The van der Waals surface area contributed by atoms with Crippen LogP contribution in [0.25, 0.3) is 0 Å². The fourth-order valence-electron chi connectivity index (χ4n) is 1.82. The van der Waals surface area contributed by atoms with Gasteiger partial charge in [0, 0.05) is 31.0 Å². The van der Waals surface area contributed by atoms with Gasteiger partial charge in [-0.15, -0.1) is 0 Å². The Kier molecular flexibility index (Phi) is 6.54. The maximum atomic E-state index is 12.5. The van der Waals surface area contributed by atoms with Crippen LogP contribution in [0.3, 0.4) is 0 Å². The third-order valence-corrected chi connectivity index (χ3v) is 3.17. The van der Waals surface area contributed by atoms with E-state index in [2.05, 4.69) is 32.7 Å².